The van der Waals surface area contributed by atoms with Gasteiger partial charge < -0.3 is 10.1 Å². The number of anilines is 2. The summed E-state index contributed by atoms with van der Waals surface area (Å²) in [5, 5.41) is 13.3. The highest BCUT2D eigenvalue weighted by Gasteiger charge is 2.14. The molecule has 122 valence electrons. The average molecular weight is 397 g/mol. The van der Waals surface area contributed by atoms with Crippen LogP contribution >= 0.6 is 46.3 Å². The maximum atomic E-state index is 9.37. The first-order valence-electron chi connectivity index (χ1n) is 6.61. The van der Waals surface area contributed by atoms with Crippen LogP contribution < -0.4 is 10.1 Å². The Hall–Kier alpha value is -1.72. The maximum absolute atomic E-state index is 9.37. The number of thiazole rings is 1. The lowest BCUT2D eigenvalue weighted by molar-refractivity contribution is 0.415. The molecule has 1 aromatic carbocycles. The Morgan fingerprint density at radius 2 is 2.00 bits per heavy atom. The number of methoxy groups -OCH3 is 1. The van der Waals surface area contributed by atoms with Crippen LogP contribution in [-0.2, 0) is 0 Å². The zero-order valence-corrected chi connectivity index (χ0v) is 15.7. The molecular formula is C15H10Cl2N4OS2. The Labute approximate surface area is 156 Å². The third kappa shape index (κ3) is 3.23. The molecule has 0 saturated carbocycles. The van der Waals surface area contributed by atoms with Gasteiger partial charge in [0, 0.05) is 6.07 Å². The van der Waals surface area contributed by atoms with Gasteiger partial charge in [0.05, 0.1) is 33.2 Å². The van der Waals surface area contributed by atoms with E-state index in [0.717, 1.165) is 9.04 Å². The molecular weight excluding hydrogens is 387 g/mol. The second kappa shape index (κ2) is 7.03. The van der Waals surface area contributed by atoms with Crippen LogP contribution in [0.1, 0.15) is 5.69 Å². The topological polar surface area (TPSA) is 70.8 Å². The van der Waals surface area contributed by atoms with Crippen molar-refractivity contribution in [3.63, 3.8) is 0 Å². The lowest BCUT2D eigenvalue weighted by Crippen LogP contribution is -1.98. The Bertz CT molecular complexity index is 968. The normalized spacial score (nSPS) is 10.6. The van der Waals surface area contributed by atoms with Crippen LogP contribution in [0.4, 0.5) is 11.4 Å². The van der Waals surface area contributed by atoms with E-state index in [9.17, 15) is 5.26 Å². The monoisotopic (exact) mass is 396 g/mol. The van der Waals surface area contributed by atoms with Crippen molar-refractivity contribution in [1.82, 2.24) is 9.97 Å². The minimum atomic E-state index is 0.241. The average Bonchev–Trinajstić information content (AvgIpc) is 2.98. The molecule has 2 aromatic heterocycles. The minimum absolute atomic E-state index is 0.241. The third-order valence-electron chi connectivity index (χ3n) is 3.15. The number of ether oxygens (including phenoxy) is 1. The van der Waals surface area contributed by atoms with Gasteiger partial charge in [0.15, 0.2) is 15.7 Å². The van der Waals surface area contributed by atoms with Crippen molar-refractivity contribution in [2.45, 2.75) is 4.34 Å². The van der Waals surface area contributed by atoms with Crippen molar-refractivity contribution in [2.24, 2.45) is 0 Å². The Balaban J connectivity index is 2.08. The number of thioether (sulfide) groups is 1. The first-order chi connectivity index (χ1) is 11.5. The highest BCUT2D eigenvalue weighted by molar-refractivity contribution is 8.00. The molecule has 0 aliphatic heterocycles. The number of halogens is 2. The van der Waals surface area contributed by atoms with Crippen molar-refractivity contribution < 1.29 is 4.74 Å². The smallest absolute Gasteiger partial charge is 0.173 e. The van der Waals surface area contributed by atoms with Crippen molar-refractivity contribution >= 4 is 68.0 Å². The number of benzene rings is 1. The van der Waals surface area contributed by atoms with Gasteiger partial charge in [0.25, 0.3) is 0 Å². The van der Waals surface area contributed by atoms with Crippen molar-refractivity contribution in [3.8, 4) is 11.8 Å². The molecule has 24 heavy (non-hydrogen) atoms. The van der Waals surface area contributed by atoms with Crippen LogP contribution in [0.25, 0.3) is 10.3 Å². The highest BCUT2D eigenvalue weighted by Crippen LogP contribution is 2.37. The summed E-state index contributed by atoms with van der Waals surface area (Å²) in [7, 11) is 1.52. The summed E-state index contributed by atoms with van der Waals surface area (Å²) < 4.78 is 6.98. The molecule has 0 aliphatic carbocycles. The number of nitriles is 1. The van der Waals surface area contributed by atoms with Gasteiger partial charge in [-0.15, -0.1) is 11.3 Å². The first kappa shape index (κ1) is 17.1. The molecule has 0 radical (unpaired) electrons. The molecule has 0 fully saturated rings. The van der Waals surface area contributed by atoms with E-state index in [1.165, 1.54) is 30.2 Å². The summed E-state index contributed by atoms with van der Waals surface area (Å²) in [5.41, 5.74) is 1.93. The van der Waals surface area contributed by atoms with Gasteiger partial charge in [-0.3, -0.25) is 0 Å². The molecule has 3 aromatic rings. The van der Waals surface area contributed by atoms with Crippen LogP contribution in [0.5, 0.6) is 5.75 Å². The Morgan fingerprint density at radius 3 is 2.67 bits per heavy atom. The summed E-state index contributed by atoms with van der Waals surface area (Å²) in [6, 6.07) is 7.18. The molecule has 0 bridgehead atoms. The van der Waals surface area contributed by atoms with Crippen LogP contribution in [0, 0.1) is 11.3 Å². The summed E-state index contributed by atoms with van der Waals surface area (Å²) in [6.45, 7) is 0. The van der Waals surface area contributed by atoms with Gasteiger partial charge in [-0.1, -0.05) is 35.0 Å². The van der Waals surface area contributed by atoms with Crippen molar-refractivity contribution in [2.75, 3.05) is 18.7 Å². The standard InChI is InChI=1S/C15H10Cl2N4OS2/c1-22-12-4-9(7(16)3-8(12)17)19-10-5-13-14(20-11(10)6-18)21-15(23-2)24-13/h3-5,19H,1-2H3. The van der Waals surface area contributed by atoms with Gasteiger partial charge in [-0.2, -0.15) is 5.26 Å². The zero-order valence-electron chi connectivity index (χ0n) is 12.6. The van der Waals surface area contributed by atoms with E-state index >= 15 is 0 Å². The van der Waals surface area contributed by atoms with E-state index < -0.39 is 0 Å². The Morgan fingerprint density at radius 1 is 1.21 bits per heavy atom. The maximum Gasteiger partial charge on any atom is 0.173 e. The third-order valence-corrected chi connectivity index (χ3v) is 5.74. The molecule has 0 aliphatic rings. The predicted molar refractivity (Wildman–Crippen MR) is 100 cm³/mol. The minimum Gasteiger partial charge on any atom is -0.495 e. The van der Waals surface area contributed by atoms with Crippen molar-refractivity contribution in [1.29, 1.82) is 5.26 Å². The number of nitrogens with one attached hydrogen (secondary N) is 1. The van der Waals surface area contributed by atoms with E-state index in [0.29, 0.717) is 32.8 Å². The molecule has 9 heteroatoms. The summed E-state index contributed by atoms with van der Waals surface area (Å²) in [6.07, 6.45) is 1.95. The second-order valence-corrected chi connectivity index (χ2v) is 7.49. The van der Waals surface area contributed by atoms with Crippen LogP contribution in [0.2, 0.25) is 10.0 Å². The molecule has 0 atom stereocenters. The number of fused-ring (bicyclic) bond motifs is 1. The number of hydrogen-bond donors (Lipinski definition) is 1. The molecule has 0 saturated heterocycles. The first-order valence-corrected chi connectivity index (χ1v) is 9.41. The summed E-state index contributed by atoms with van der Waals surface area (Å²) in [5.74, 6) is 0.485. The highest BCUT2D eigenvalue weighted by atomic mass is 35.5. The number of nitrogens with zero attached hydrogens (tertiary/aromatic N) is 3. The van der Waals surface area contributed by atoms with E-state index in [4.69, 9.17) is 27.9 Å². The molecule has 1 N–H and O–H groups in total. The predicted octanol–water partition coefficient (Wildman–Crippen LogP) is 5.34. The summed E-state index contributed by atoms with van der Waals surface area (Å²) in [4.78, 5) is 8.68. The fourth-order valence-corrected chi connectivity index (χ4v) is 4.01. The zero-order chi connectivity index (χ0) is 17.3. The fourth-order valence-electron chi connectivity index (χ4n) is 2.04. The Kier molecular flexibility index (Phi) is 5.01. The second-order valence-electron chi connectivity index (χ2n) is 4.59. The lowest BCUT2D eigenvalue weighted by atomic mass is 10.2. The molecule has 0 unspecified atom stereocenters. The van der Waals surface area contributed by atoms with Gasteiger partial charge in [0.1, 0.15) is 11.8 Å². The quantitative estimate of drug-likeness (QED) is 0.599. The van der Waals surface area contributed by atoms with E-state index in [-0.39, 0.29) is 5.69 Å². The van der Waals surface area contributed by atoms with Gasteiger partial charge in [-0.25, -0.2) is 9.97 Å². The number of hydrogen-bond acceptors (Lipinski definition) is 7. The molecule has 5 nitrogen and oxygen atoms in total. The van der Waals surface area contributed by atoms with Crippen LogP contribution in [0.3, 0.4) is 0 Å². The number of rotatable bonds is 4. The van der Waals surface area contributed by atoms with Crippen LogP contribution in [0.15, 0.2) is 22.5 Å². The summed E-state index contributed by atoms with van der Waals surface area (Å²) >= 11 is 15.3. The molecule has 3 rings (SSSR count). The number of pyridine rings is 1. The van der Waals surface area contributed by atoms with E-state index in [1.54, 1.807) is 12.1 Å². The number of aromatic nitrogens is 2. The molecule has 0 spiro atoms. The van der Waals surface area contributed by atoms with Crippen LogP contribution in [-0.4, -0.2) is 23.3 Å². The van der Waals surface area contributed by atoms with Crippen molar-refractivity contribution in [3.05, 3.63) is 33.9 Å². The van der Waals surface area contributed by atoms with E-state index in [1.807, 2.05) is 12.3 Å². The lowest BCUT2D eigenvalue weighted by Gasteiger charge is -2.12. The van der Waals surface area contributed by atoms with Gasteiger partial charge in [0.2, 0.25) is 0 Å². The largest absolute Gasteiger partial charge is 0.495 e. The molecule has 0 amide bonds. The SMILES string of the molecule is COc1cc(Nc2cc3sc(SC)nc3nc2C#N)c(Cl)cc1Cl. The van der Waals surface area contributed by atoms with Gasteiger partial charge >= 0.3 is 0 Å². The fraction of sp³-hybridized carbons (Fsp3) is 0.133. The molecule has 2 heterocycles. The van der Waals surface area contributed by atoms with Gasteiger partial charge in [-0.05, 0) is 18.4 Å². The van der Waals surface area contributed by atoms with E-state index in [2.05, 4.69) is 21.4 Å².